The second-order valence-corrected chi connectivity index (χ2v) is 3.93. The lowest BCUT2D eigenvalue weighted by Gasteiger charge is -2.33. The predicted octanol–water partition coefficient (Wildman–Crippen LogP) is -2.01. The molecule has 18 heavy (non-hydrogen) atoms. The molecular formula is C10H13N3O5. The van der Waals surface area contributed by atoms with Crippen LogP contribution in [0.3, 0.4) is 0 Å². The number of nitrogens with zero attached hydrogens (tertiary/aromatic N) is 1. The van der Waals surface area contributed by atoms with E-state index in [1.165, 1.54) is 11.0 Å². The Hall–Kier alpha value is -2.09. The zero-order valence-corrected chi connectivity index (χ0v) is 9.46. The Kier molecular flexibility index (Phi) is 3.19. The molecule has 8 heteroatoms. The van der Waals surface area contributed by atoms with Crippen LogP contribution in [0.15, 0.2) is 11.8 Å². The molecule has 0 aliphatic carbocycles. The van der Waals surface area contributed by atoms with Gasteiger partial charge in [0.2, 0.25) is 11.8 Å². The number of carboxylic acid groups (broad SMARTS) is 1. The van der Waals surface area contributed by atoms with Crippen molar-refractivity contribution in [2.45, 2.75) is 18.7 Å². The van der Waals surface area contributed by atoms with Crippen LogP contribution in [0.4, 0.5) is 0 Å². The van der Waals surface area contributed by atoms with Crippen molar-refractivity contribution < 1.29 is 24.2 Å². The van der Waals surface area contributed by atoms with Gasteiger partial charge in [-0.05, 0) is 6.08 Å². The van der Waals surface area contributed by atoms with Crippen molar-refractivity contribution >= 4 is 17.8 Å². The van der Waals surface area contributed by atoms with Gasteiger partial charge in [0.25, 0.3) is 0 Å². The van der Waals surface area contributed by atoms with Crippen LogP contribution in [-0.4, -0.2) is 53.1 Å². The van der Waals surface area contributed by atoms with Gasteiger partial charge in [0.05, 0.1) is 13.0 Å². The minimum Gasteiger partial charge on any atom is -0.479 e. The Morgan fingerprint density at radius 1 is 1.61 bits per heavy atom. The van der Waals surface area contributed by atoms with Crippen molar-refractivity contribution in [1.29, 1.82) is 0 Å². The van der Waals surface area contributed by atoms with Gasteiger partial charge in [0, 0.05) is 6.54 Å². The van der Waals surface area contributed by atoms with Crippen molar-refractivity contribution in [3.8, 4) is 0 Å². The molecule has 4 N–H and O–H groups in total. The van der Waals surface area contributed by atoms with Gasteiger partial charge in [0.1, 0.15) is 5.76 Å². The van der Waals surface area contributed by atoms with E-state index >= 15 is 0 Å². The molecule has 2 aliphatic rings. The van der Waals surface area contributed by atoms with E-state index in [1.807, 2.05) is 0 Å². The van der Waals surface area contributed by atoms with Gasteiger partial charge < -0.3 is 20.9 Å². The molecule has 0 bridgehead atoms. The highest BCUT2D eigenvalue weighted by Crippen LogP contribution is 2.36. The fourth-order valence-electron chi connectivity index (χ4n) is 1.91. The van der Waals surface area contributed by atoms with Crippen molar-refractivity contribution in [3.63, 3.8) is 0 Å². The molecule has 0 radical (unpaired) electrons. The molecule has 0 aromatic rings. The van der Waals surface area contributed by atoms with Crippen LogP contribution in [0, 0.1) is 0 Å². The number of rotatable bonds is 4. The van der Waals surface area contributed by atoms with E-state index < -0.39 is 18.2 Å². The number of aliphatic carboxylic acids is 1. The first kappa shape index (κ1) is 12.4. The number of ether oxygens (including phenoxy) is 1. The normalized spacial score (nSPS) is 27.5. The highest BCUT2D eigenvalue weighted by molar-refractivity contribution is 5.91. The van der Waals surface area contributed by atoms with Crippen molar-refractivity contribution in [2.75, 3.05) is 13.1 Å². The maximum absolute atomic E-state index is 11.3. The average molecular weight is 255 g/mol. The Morgan fingerprint density at radius 2 is 2.33 bits per heavy atom. The van der Waals surface area contributed by atoms with Gasteiger partial charge in [-0.25, -0.2) is 4.79 Å². The fourth-order valence-corrected chi connectivity index (χ4v) is 1.91. The van der Waals surface area contributed by atoms with Gasteiger partial charge in [0.15, 0.2) is 12.3 Å². The van der Waals surface area contributed by atoms with Crippen LogP contribution >= 0.6 is 0 Å². The molecule has 98 valence electrons. The number of carboxylic acids is 1. The molecule has 2 heterocycles. The van der Waals surface area contributed by atoms with E-state index in [0.29, 0.717) is 0 Å². The highest BCUT2D eigenvalue weighted by atomic mass is 16.5. The molecule has 2 rings (SSSR count). The molecule has 2 fully saturated rings. The molecule has 0 unspecified atom stereocenters. The third-order valence-corrected chi connectivity index (χ3v) is 2.79. The van der Waals surface area contributed by atoms with Crippen molar-refractivity contribution in [2.24, 2.45) is 5.73 Å². The largest absolute Gasteiger partial charge is 0.479 e. The van der Waals surface area contributed by atoms with Crippen LogP contribution in [0.5, 0.6) is 0 Å². The maximum Gasteiger partial charge on any atom is 0.334 e. The molecule has 0 spiro atoms. The first-order valence-electron chi connectivity index (χ1n) is 5.42. The van der Waals surface area contributed by atoms with Crippen LogP contribution in [0.2, 0.25) is 0 Å². The van der Waals surface area contributed by atoms with E-state index in [9.17, 15) is 14.4 Å². The summed E-state index contributed by atoms with van der Waals surface area (Å²) in [5.74, 6) is -1.57. The van der Waals surface area contributed by atoms with E-state index in [1.54, 1.807) is 0 Å². The van der Waals surface area contributed by atoms with Crippen LogP contribution < -0.4 is 11.1 Å². The molecule has 0 saturated carbocycles. The van der Waals surface area contributed by atoms with Crippen molar-refractivity contribution in [1.82, 2.24) is 10.2 Å². The van der Waals surface area contributed by atoms with Gasteiger partial charge in [-0.2, -0.15) is 0 Å². The van der Waals surface area contributed by atoms with Crippen LogP contribution in [0.25, 0.3) is 0 Å². The molecule has 2 aliphatic heterocycles. The molecule has 2 amide bonds. The lowest BCUT2D eigenvalue weighted by molar-refractivity contribution is -0.163. The minimum atomic E-state index is -1.15. The minimum absolute atomic E-state index is 0.115. The average Bonchev–Trinajstić information content (AvgIpc) is 2.61. The first-order valence-corrected chi connectivity index (χ1v) is 5.42. The van der Waals surface area contributed by atoms with Gasteiger partial charge in [-0.1, -0.05) is 0 Å². The number of β-lactam (4-membered cyclic amide) rings is 1. The maximum atomic E-state index is 11.3. The summed E-state index contributed by atoms with van der Waals surface area (Å²) in [5, 5.41) is 11.5. The van der Waals surface area contributed by atoms with Gasteiger partial charge in [-0.3, -0.25) is 14.5 Å². The Labute approximate surface area is 102 Å². The van der Waals surface area contributed by atoms with Crippen molar-refractivity contribution in [3.05, 3.63) is 11.8 Å². The Balaban J connectivity index is 2.03. The number of fused-ring (bicyclic) bond motifs is 1. The number of carbonyl (C=O) groups excluding carboxylic acids is 2. The number of hydrogen-bond acceptors (Lipinski definition) is 5. The topological polar surface area (TPSA) is 122 Å². The summed E-state index contributed by atoms with van der Waals surface area (Å²) in [6.07, 6.45) is 1.14. The van der Waals surface area contributed by atoms with E-state index in [2.05, 4.69) is 5.32 Å². The number of hydrogen-bond donors (Lipinski definition) is 3. The second-order valence-electron chi connectivity index (χ2n) is 3.93. The summed E-state index contributed by atoms with van der Waals surface area (Å²) in [6.45, 7) is -0.0243. The standard InChI is InChI=1S/C10H13N3O5/c11-4-6(14)12-2-1-5-9(10(16)17)13-7(15)3-8(13)18-5/h1,8-9H,2-4,11H2,(H,12,14)(H,16,17)/b5-1-/t8-,9+/m1/s1. The third kappa shape index (κ3) is 2.02. The van der Waals surface area contributed by atoms with E-state index in [4.69, 9.17) is 15.6 Å². The summed E-state index contributed by atoms with van der Waals surface area (Å²) >= 11 is 0. The third-order valence-electron chi connectivity index (χ3n) is 2.79. The lowest BCUT2D eigenvalue weighted by atomic mass is 10.1. The number of nitrogens with one attached hydrogen (secondary N) is 1. The Bertz CT molecular complexity index is 433. The highest BCUT2D eigenvalue weighted by Gasteiger charge is 2.53. The first-order chi connectivity index (χ1) is 8.54. The number of amides is 2. The van der Waals surface area contributed by atoms with Gasteiger partial charge >= 0.3 is 5.97 Å². The smallest absolute Gasteiger partial charge is 0.334 e. The van der Waals surface area contributed by atoms with Crippen LogP contribution in [0.1, 0.15) is 6.42 Å². The monoisotopic (exact) mass is 255 g/mol. The zero-order chi connectivity index (χ0) is 13.3. The number of nitrogens with two attached hydrogens (primary N) is 1. The molecule has 0 aromatic heterocycles. The summed E-state index contributed by atoms with van der Waals surface area (Å²) in [4.78, 5) is 34.4. The van der Waals surface area contributed by atoms with E-state index in [0.717, 1.165) is 0 Å². The quantitative estimate of drug-likeness (QED) is 0.499. The molecular weight excluding hydrogens is 242 g/mol. The molecule has 8 nitrogen and oxygen atoms in total. The zero-order valence-electron chi connectivity index (χ0n) is 9.46. The SMILES string of the molecule is NCC(=O)NC/C=C1\O[C@@H]2CC(=O)N2[C@@H]1C(=O)O. The summed E-state index contributed by atoms with van der Waals surface area (Å²) in [5.41, 5.74) is 5.10. The molecule has 2 saturated heterocycles. The molecule has 2 atom stereocenters. The summed E-state index contributed by atoms with van der Waals surface area (Å²) in [6, 6.07) is -1.09. The predicted molar refractivity (Wildman–Crippen MR) is 57.9 cm³/mol. The Morgan fingerprint density at radius 3 is 2.89 bits per heavy atom. The molecule has 0 aromatic carbocycles. The fraction of sp³-hybridized carbons (Fsp3) is 0.500. The van der Waals surface area contributed by atoms with Crippen LogP contribution in [-0.2, 0) is 19.1 Å². The van der Waals surface area contributed by atoms with Gasteiger partial charge in [-0.15, -0.1) is 0 Å². The van der Waals surface area contributed by atoms with E-state index in [-0.39, 0.29) is 37.1 Å². The lowest BCUT2D eigenvalue weighted by Crippen LogP contribution is -2.54. The number of carbonyl (C=O) groups is 3. The summed E-state index contributed by atoms with van der Waals surface area (Å²) < 4.78 is 5.32. The second kappa shape index (κ2) is 4.65. The summed E-state index contributed by atoms with van der Waals surface area (Å²) in [7, 11) is 0.